The van der Waals surface area contributed by atoms with E-state index >= 15 is 0 Å². The lowest BCUT2D eigenvalue weighted by molar-refractivity contribution is -0.153. The van der Waals surface area contributed by atoms with Crippen molar-refractivity contribution in [2.45, 2.75) is 93.8 Å². The van der Waals surface area contributed by atoms with Gasteiger partial charge in [-0.05, 0) is 56.7 Å². The molecule has 4 aliphatic rings. The van der Waals surface area contributed by atoms with Crippen LogP contribution in [0.5, 0.6) is 0 Å². The van der Waals surface area contributed by atoms with Crippen LogP contribution in [0.4, 0.5) is 0 Å². The van der Waals surface area contributed by atoms with Gasteiger partial charge in [0.15, 0.2) is 6.29 Å². The molecule has 10 heteroatoms. The summed E-state index contributed by atoms with van der Waals surface area (Å²) in [5.41, 5.74) is 1.95. The maximum Gasteiger partial charge on any atom is 0.306 e. The molecule has 0 bridgehead atoms. The number of benzene rings is 2. The predicted molar refractivity (Wildman–Crippen MR) is 165 cm³/mol. The molecule has 0 amide bonds. The van der Waals surface area contributed by atoms with Gasteiger partial charge in [0.05, 0.1) is 36.6 Å². The molecule has 2 unspecified atom stereocenters. The molecular formula is C34H46N2O7S. The Morgan fingerprint density at radius 2 is 1.80 bits per heavy atom. The number of esters is 1. The van der Waals surface area contributed by atoms with Gasteiger partial charge in [0.1, 0.15) is 6.10 Å². The third-order valence-corrected chi connectivity index (χ3v) is 12.0. The smallest absolute Gasteiger partial charge is 0.306 e. The van der Waals surface area contributed by atoms with Gasteiger partial charge in [-0.2, -0.15) is 4.31 Å². The Balaban J connectivity index is 1.22. The average molecular weight is 627 g/mol. The minimum Gasteiger partial charge on any atom is -0.459 e. The van der Waals surface area contributed by atoms with E-state index in [0.717, 1.165) is 36.9 Å². The first-order chi connectivity index (χ1) is 21.3. The van der Waals surface area contributed by atoms with Crippen molar-refractivity contribution in [3.8, 4) is 0 Å². The molecular weight excluding hydrogens is 580 g/mol. The number of ether oxygens (including phenoxy) is 3. The van der Waals surface area contributed by atoms with Gasteiger partial charge in [0, 0.05) is 37.6 Å². The van der Waals surface area contributed by atoms with Crippen LogP contribution in [-0.2, 0) is 35.4 Å². The Bertz CT molecular complexity index is 1350. The highest BCUT2D eigenvalue weighted by molar-refractivity contribution is 7.89. The second-order valence-corrected chi connectivity index (χ2v) is 14.9. The largest absolute Gasteiger partial charge is 0.459 e. The van der Waals surface area contributed by atoms with Crippen molar-refractivity contribution in [3.63, 3.8) is 0 Å². The van der Waals surface area contributed by atoms with Gasteiger partial charge < -0.3 is 19.3 Å². The Labute approximate surface area is 261 Å². The monoisotopic (exact) mass is 626 g/mol. The molecule has 1 aliphatic carbocycles. The fraction of sp³-hybridized carbons (Fsp3) is 0.618. The lowest BCUT2D eigenvalue weighted by Gasteiger charge is -2.33. The van der Waals surface area contributed by atoms with Gasteiger partial charge in [-0.3, -0.25) is 9.69 Å². The Morgan fingerprint density at radius 1 is 1.05 bits per heavy atom. The van der Waals surface area contributed by atoms with Crippen LogP contribution in [0.3, 0.4) is 0 Å². The summed E-state index contributed by atoms with van der Waals surface area (Å²) in [5, 5.41) is 11.8. The van der Waals surface area contributed by atoms with Gasteiger partial charge in [0.25, 0.3) is 0 Å². The van der Waals surface area contributed by atoms with Gasteiger partial charge in [0.2, 0.25) is 10.0 Å². The molecule has 3 heterocycles. The zero-order chi connectivity index (χ0) is 30.7. The minimum absolute atomic E-state index is 0.0248. The number of carbonyl (C=O) groups excluding carboxylic acids is 1. The molecule has 2 aromatic carbocycles. The molecule has 1 saturated carbocycles. The third kappa shape index (κ3) is 7.21. The van der Waals surface area contributed by atoms with Crippen molar-refractivity contribution in [1.82, 2.24) is 9.21 Å². The fourth-order valence-electron chi connectivity index (χ4n) is 7.47. The minimum atomic E-state index is -3.91. The van der Waals surface area contributed by atoms with E-state index in [9.17, 15) is 18.3 Å². The van der Waals surface area contributed by atoms with E-state index in [1.54, 1.807) is 12.1 Å². The molecule has 1 N–H and O–H groups in total. The van der Waals surface area contributed by atoms with Gasteiger partial charge >= 0.3 is 5.97 Å². The first-order valence-corrected chi connectivity index (χ1v) is 17.7. The summed E-state index contributed by atoms with van der Waals surface area (Å²) in [7, 11) is -3.91. The molecule has 2 aromatic rings. The van der Waals surface area contributed by atoms with E-state index in [4.69, 9.17) is 14.2 Å². The molecule has 240 valence electrons. The summed E-state index contributed by atoms with van der Waals surface area (Å²) in [6, 6.07) is 16.9. The number of aliphatic hydroxyl groups is 1. The summed E-state index contributed by atoms with van der Waals surface area (Å²) in [5.74, 6) is -0.921. The maximum absolute atomic E-state index is 14.2. The summed E-state index contributed by atoms with van der Waals surface area (Å²) in [6.45, 7) is 4.23. The number of aryl methyl sites for hydroxylation is 1. The molecule has 44 heavy (non-hydrogen) atoms. The molecule has 4 fully saturated rings. The summed E-state index contributed by atoms with van der Waals surface area (Å²) in [6.07, 6.45) is 4.86. The zero-order valence-electron chi connectivity index (χ0n) is 25.6. The number of aliphatic hydroxyl groups excluding tert-OH is 1. The number of likely N-dealkylation sites (tertiary alicyclic amines) is 1. The topological polar surface area (TPSA) is 106 Å². The van der Waals surface area contributed by atoms with Crippen molar-refractivity contribution in [3.05, 3.63) is 65.7 Å². The highest BCUT2D eigenvalue weighted by Gasteiger charge is 2.45. The SMILES string of the molecule is Cc1ccc(S(=O)(=O)N(C[C@@H](O)[C@@H](CC(=O)O[C@H]2CO[C@H]3OCCC32)Cc2ccccc2)C2CCN(C3CCCC3)C2)cc1. The van der Waals surface area contributed by atoms with Crippen LogP contribution in [-0.4, -0.2) is 92.1 Å². The van der Waals surface area contributed by atoms with Crippen molar-refractivity contribution in [2.75, 3.05) is 32.8 Å². The van der Waals surface area contributed by atoms with Crippen molar-refractivity contribution < 1.29 is 32.5 Å². The van der Waals surface area contributed by atoms with E-state index in [2.05, 4.69) is 4.90 Å². The van der Waals surface area contributed by atoms with Crippen LogP contribution in [0.2, 0.25) is 0 Å². The Morgan fingerprint density at radius 3 is 2.55 bits per heavy atom. The first-order valence-electron chi connectivity index (χ1n) is 16.2. The summed E-state index contributed by atoms with van der Waals surface area (Å²) >= 11 is 0. The van der Waals surface area contributed by atoms with Crippen LogP contribution >= 0.6 is 0 Å². The highest BCUT2D eigenvalue weighted by Crippen LogP contribution is 2.34. The van der Waals surface area contributed by atoms with Crippen LogP contribution in [0.1, 0.15) is 56.1 Å². The standard InChI is InChI=1S/C34H46N2O7S/c1-24-11-13-29(14-12-24)44(39,40)36(28-15-17-35(21-28)27-9-5-6-10-27)22-31(37)26(19-25-7-3-2-4-8-25)20-33(38)43-32-23-42-34-30(32)16-18-41-34/h2-4,7-8,11-14,26-28,30-32,34,37H,5-6,9-10,15-23H2,1H3/t26-,28?,30?,31-,32+,34-/m1/s1. The van der Waals surface area contributed by atoms with Crippen molar-refractivity contribution in [1.29, 1.82) is 0 Å². The summed E-state index contributed by atoms with van der Waals surface area (Å²) in [4.78, 5) is 16.0. The Kier molecular flexibility index (Phi) is 10.0. The zero-order valence-corrected chi connectivity index (χ0v) is 26.4. The van der Waals surface area contributed by atoms with E-state index < -0.39 is 28.0 Å². The van der Waals surface area contributed by atoms with Crippen LogP contribution < -0.4 is 0 Å². The van der Waals surface area contributed by atoms with E-state index in [1.165, 1.54) is 17.1 Å². The molecule has 9 nitrogen and oxygen atoms in total. The molecule has 3 aliphatic heterocycles. The van der Waals surface area contributed by atoms with Crippen LogP contribution in [0.25, 0.3) is 0 Å². The molecule has 0 spiro atoms. The molecule has 6 rings (SSSR count). The first kappa shape index (κ1) is 31.6. The second kappa shape index (κ2) is 14.0. The third-order valence-electron chi connectivity index (χ3n) is 10.0. The second-order valence-electron chi connectivity index (χ2n) is 13.0. The molecule has 3 saturated heterocycles. The number of nitrogens with zero attached hydrogens (tertiary/aromatic N) is 2. The summed E-state index contributed by atoms with van der Waals surface area (Å²) < 4.78 is 47.0. The molecule has 6 atom stereocenters. The van der Waals surface area contributed by atoms with E-state index in [0.29, 0.717) is 38.6 Å². The van der Waals surface area contributed by atoms with Gasteiger partial charge in [-0.1, -0.05) is 60.9 Å². The number of rotatable bonds is 12. The van der Waals surface area contributed by atoms with E-state index in [-0.39, 0.29) is 42.2 Å². The van der Waals surface area contributed by atoms with Gasteiger partial charge in [-0.15, -0.1) is 0 Å². The number of sulfonamides is 1. The fourth-order valence-corrected chi connectivity index (χ4v) is 9.13. The number of hydrogen-bond acceptors (Lipinski definition) is 8. The molecule has 0 aromatic heterocycles. The lowest BCUT2D eigenvalue weighted by Crippen LogP contribution is -2.48. The average Bonchev–Trinajstić information content (AvgIpc) is 3.83. The number of hydrogen-bond donors (Lipinski definition) is 1. The number of carbonyl (C=O) groups is 1. The van der Waals surface area contributed by atoms with Gasteiger partial charge in [-0.25, -0.2) is 8.42 Å². The lowest BCUT2D eigenvalue weighted by atomic mass is 9.90. The Hall–Kier alpha value is -2.34. The normalized spacial score (nSPS) is 27.5. The van der Waals surface area contributed by atoms with E-state index in [1.807, 2.05) is 49.4 Å². The van der Waals surface area contributed by atoms with Crippen LogP contribution in [0, 0.1) is 18.8 Å². The quantitative estimate of drug-likeness (QED) is 0.354. The van der Waals surface area contributed by atoms with Crippen LogP contribution in [0.15, 0.2) is 59.5 Å². The maximum atomic E-state index is 14.2. The van der Waals surface area contributed by atoms with Crippen molar-refractivity contribution in [2.24, 2.45) is 11.8 Å². The molecule has 0 radical (unpaired) electrons. The highest BCUT2D eigenvalue weighted by atomic mass is 32.2. The predicted octanol–water partition coefficient (Wildman–Crippen LogP) is 3.92. The van der Waals surface area contributed by atoms with Crippen molar-refractivity contribution >= 4 is 16.0 Å². The number of fused-ring (bicyclic) bond motifs is 1.